The third-order valence-corrected chi connectivity index (χ3v) is 6.46. The van der Waals surface area contributed by atoms with Gasteiger partial charge in [0.2, 0.25) is 0 Å². The fourth-order valence-corrected chi connectivity index (χ4v) is 4.52. The van der Waals surface area contributed by atoms with Crippen molar-refractivity contribution in [3.8, 4) is 11.8 Å². The largest absolute Gasteiger partial charge is 0.486 e. The molecular formula is C25H26F3N3O3. The second-order valence-corrected chi connectivity index (χ2v) is 8.90. The summed E-state index contributed by atoms with van der Waals surface area (Å²) in [7, 11) is 1.73. The number of carbonyl (C=O) groups is 1. The Morgan fingerprint density at radius 2 is 1.88 bits per heavy atom. The summed E-state index contributed by atoms with van der Waals surface area (Å²) in [6.45, 7) is 2.66. The number of halogens is 3. The lowest BCUT2D eigenvalue weighted by molar-refractivity contribution is -0.137. The minimum absolute atomic E-state index is 0.297. The number of alkyl halides is 3. The first-order valence-corrected chi connectivity index (χ1v) is 11.2. The van der Waals surface area contributed by atoms with Crippen molar-refractivity contribution >= 4 is 6.09 Å². The van der Waals surface area contributed by atoms with Gasteiger partial charge in [0.05, 0.1) is 23.7 Å². The number of hydrogen-bond acceptors (Lipinski definition) is 5. The monoisotopic (exact) mass is 473 g/mol. The highest BCUT2D eigenvalue weighted by atomic mass is 19.4. The van der Waals surface area contributed by atoms with E-state index in [2.05, 4.69) is 4.90 Å². The Bertz CT molecular complexity index is 1060. The Morgan fingerprint density at radius 3 is 2.47 bits per heavy atom. The van der Waals surface area contributed by atoms with Crippen LogP contribution in [0, 0.1) is 11.3 Å². The Labute approximate surface area is 196 Å². The van der Waals surface area contributed by atoms with Crippen molar-refractivity contribution in [2.75, 3.05) is 33.2 Å². The minimum atomic E-state index is -4.44. The van der Waals surface area contributed by atoms with Gasteiger partial charge >= 0.3 is 12.3 Å². The van der Waals surface area contributed by atoms with Crippen LogP contribution in [0.25, 0.3) is 0 Å². The van der Waals surface area contributed by atoms with Crippen LogP contribution in [0.5, 0.6) is 5.75 Å². The summed E-state index contributed by atoms with van der Waals surface area (Å²) in [4.78, 5) is 15.6. The zero-order valence-corrected chi connectivity index (χ0v) is 18.8. The number of likely N-dealkylation sites (N-methyl/N-ethyl adjacent to an activating group) is 1. The molecule has 2 fully saturated rings. The van der Waals surface area contributed by atoms with Crippen molar-refractivity contribution in [1.82, 2.24) is 9.80 Å². The first kappa shape index (κ1) is 23.9. The van der Waals surface area contributed by atoms with Gasteiger partial charge < -0.3 is 19.3 Å². The van der Waals surface area contributed by atoms with Gasteiger partial charge in [-0.05, 0) is 42.0 Å². The highest BCUT2D eigenvalue weighted by Crippen LogP contribution is 2.35. The van der Waals surface area contributed by atoms with E-state index in [1.807, 2.05) is 6.07 Å². The van der Waals surface area contributed by atoms with Crippen molar-refractivity contribution in [3.05, 3.63) is 65.2 Å². The molecule has 2 aromatic carbocycles. The number of likely N-dealkylation sites (tertiary alicyclic amines) is 1. The normalized spacial score (nSPS) is 19.0. The highest BCUT2D eigenvalue weighted by molar-refractivity contribution is 5.70. The van der Waals surface area contributed by atoms with Gasteiger partial charge in [-0.15, -0.1) is 0 Å². The highest BCUT2D eigenvalue weighted by Gasteiger charge is 2.45. The van der Waals surface area contributed by atoms with E-state index in [1.165, 1.54) is 6.07 Å². The Balaban J connectivity index is 1.45. The maximum atomic E-state index is 13.3. The Morgan fingerprint density at radius 1 is 1.18 bits per heavy atom. The molecule has 1 amide bonds. The van der Waals surface area contributed by atoms with Gasteiger partial charge in [-0.2, -0.15) is 18.4 Å². The first-order valence-electron chi connectivity index (χ1n) is 11.2. The summed E-state index contributed by atoms with van der Waals surface area (Å²) in [6.07, 6.45) is -3.42. The molecule has 1 atom stereocenters. The van der Waals surface area contributed by atoms with Crippen LogP contribution in [0.3, 0.4) is 0 Å². The summed E-state index contributed by atoms with van der Waals surface area (Å²) in [6, 6.07) is 13.8. The zero-order chi connectivity index (χ0) is 24.3. The number of ether oxygens (including phenoxy) is 2. The van der Waals surface area contributed by atoms with Gasteiger partial charge in [0.15, 0.2) is 0 Å². The average molecular weight is 473 g/mol. The van der Waals surface area contributed by atoms with Gasteiger partial charge in [0.25, 0.3) is 0 Å². The Hall–Kier alpha value is -3.25. The van der Waals surface area contributed by atoms with Crippen LogP contribution < -0.4 is 4.74 Å². The molecular weight excluding hydrogens is 447 g/mol. The summed E-state index contributed by atoms with van der Waals surface area (Å²) < 4.78 is 51.6. The maximum Gasteiger partial charge on any atom is 0.416 e. The van der Waals surface area contributed by atoms with Crippen molar-refractivity contribution < 1.29 is 27.4 Å². The third kappa shape index (κ3) is 5.45. The molecule has 1 unspecified atom stereocenters. The molecule has 0 radical (unpaired) electrons. The first-order chi connectivity index (χ1) is 16.2. The van der Waals surface area contributed by atoms with Gasteiger partial charge in [0.1, 0.15) is 17.5 Å². The number of benzene rings is 2. The maximum absolute atomic E-state index is 13.3. The van der Waals surface area contributed by atoms with Crippen LogP contribution >= 0.6 is 0 Å². The quantitative estimate of drug-likeness (QED) is 0.591. The van der Waals surface area contributed by atoms with Crippen LogP contribution in [0.4, 0.5) is 18.0 Å². The number of carbonyl (C=O) groups excluding carboxylic acids is 1. The molecule has 1 spiro atoms. The van der Waals surface area contributed by atoms with E-state index < -0.39 is 23.4 Å². The van der Waals surface area contributed by atoms with Gasteiger partial charge in [-0.3, -0.25) is 0 Å². The molecule has 2 saturated heterocycles. The van der Waals surface area contributed by atoms with Crippen LogP contribution in [0.2, 0.25) is 0 Å². The summed E-state index contributed by atoms with van der Waals surface area (Å²) in [5, 5.41) is 9.00. The van der Waals surface area contributed by atoms with Crippen LogP contribution in [-0.4, -0.2) is 54.7 Å². The molecule has 2 aliphatic rings. The van der Waals surface area contributed by atoms with Crippen molar-refractivity contribution in [1.29, 1.82) is 5.26 Å². The SMILES string of the molecule is CN1CC2(CCN(CCC(Oc3ccc(C#N)cc3)c3cccc(C(F)(F)F)c3)CC2)OC1=O. The molecule has 0 aromatic heterocycles. The molecule has 180 valence electrons. The standard InChI is InChI=1S/C25H26F3N3O3/c1-30-17-24(34-23(30)32)10-13-31(14-11-24)12-9-22(33-21-7-5-18(16-29)6-8-21)19-3-2-4-20(15-19)25(26,27)28/h2-8,15,22H,9-14,17H2,1H3. The van der Waals surface area contributed by atoms with E-state index in [-0.39, 0.29) is 6.09 Å². The number of nitriles is 1. The van der Waals surface area contributed by atoms with Crippen LogP contribution in [0.1, 0.15) is 42.1 Å². The molecule has 2 aromatic rings. The molecule has 34 heavy (non-hydrogen) atoms. The predicted molar refractivity (Wildman–Crippen MR) is 118 cm³/mol. The van der Waals surface area contributed by atoms with E-state index in [0.29, 0.717) is 49.2 Å². The second kappa shape index (κ2) is 9.55. The van der Waals surface area contributed by atoms with E-state index in [0.717, 1.165) is 25.2 Å². The molecule has 9 heteroatoms. The zero-order valence-electron chi connectivity index (χ0n) is 18.8. The lowest BCUT2D eigenvalue weighted by atomic mass is 9.91. The third-order valence-electron chi connectivity index (χ3n) is 6.46. The topological polar surface area (TPSA) is 65.8 Å². The molecule has 4 rings (SSSR count). The van der Waals surface area contributed by atoms with Crippen LogP contribution in [0.15, 0.2) is 48.5 Å². The van der Waals surface area contributed by atoms with Gasteiger partial charge in [-0.1, -0.05) is 12.1 Å². The predicted octanol–water partition coefficient (Wildman–Crippen LogP) is 5.00. The second-order valence-electron chi connectivity index (χ2n) is 8.90. The Kier molecular flexibility index (Phi) is 6.71. The van der Waals surface area contributed by atoms with Crippen molar-refractivity contribution in [3.63, 3.8) is 0 Å². The summed E-state index contributed by atoms with van der Waals surface area (Å²) in [5.41, 5.74) is -0.241. The molecule has 2 aliphatic heterocycles. The summed E-state index contributed by atoms with van der Waals surface area (Å²) in [5.74, 6) is 0.486. The number of piperidine rings is 1. The fourth-order valence-electron chi connectivity index (χ4n) is 4.52. The molecule has 0 aliphatic carbocycles. The van der Waals surface area contributed by atoms with Crippen molar-refractivity contribution in [2.45, 2.75) is 37.1 Å². The van der Waals surface area contributed by atoms with E-state index in [4.69, 9.17) is 14.7 Å². The lowest BCUT2D eigenvalue weighted by Crippen LogP contribution is -2.47. The molecule has 2 heterocycles. The van der Waals surface area contributed by atoms with Gasteiger partial charge in [0, 0.05) is 45.9 Å². The van der Waals surface area contributed by atoms with E-state index >= 15 is 0 Å². The van der Waals surface area contributed by atoms with E-state index in [9.17, 15) is 18.0 Å². The summed E-state index contributed by atoms with van der Waals surface area (Å²) >= 11 is 0. The fraction of sp³-hybridized carbons (Fsp3) is 0.440. The smallest absolute Gasteiger partial charge is 0.416 e. The van der Waals surface area contributed by atoms with Crippen molar-refractivity contribution in [2.24, 2.45) is 0 Å². The van der Waals surface area contributed by atoms with Gasteiger partial charge in [-0.25, -0.2) is 4.79 Å². The molecule has 0 N–H and O–H groups in total. The number of rotatable bonds is 6. The van der Waals surface area contributed by atoms with Crippen LogP contribution in [-0.2, 0) is 10.9 Å². The minimum Gasteiger partial charge on any atom is -0.486 e. The molecule has 0 saturated carbocycles. The number of nitrogens with zero attached hydrogens (tertiary/aromatic N) is 3. The number of amides is 1. The molecule has 6 nitrogen and oxygen atoms in total. The average Bonchev–Trinajstić information content (AvgIpc) is 3.10. The number of hydrogen-bond donors (Lipinski definition) is 0. The lowest BCUT2D eigenvalue weighted by Gasteiger charge is -2.37. The van der Waals surface area contributed by atoms with E-state index in [1.54, 1.807) is 42.3 Å². The molecule has 0 bridgehead atoms.